The Morgan fingerprint density at radius 1 is 1.08 bits per heavy atom. The zero-order valence-corrected chi connectivity index (χ0v) is 15.1. The van der Waals surface area contributed by atoms with E-state index >= 15 is 0 Å². The number of halogens is 1. The van der Waals surface area contributed by atoms with Crippen molar-refractivity contribution in [3.05, 3.63) is 83.1 Å². The van der Waals surface area contributed by atoms with Crippen LogP contribution in [0.25, 0.3) is 0 Å². The van der Waals surface area contributed by atoms with Gasteiger partial charge in [-0.05, 0) is 30.7 Å². The molecule has 6 heteroatoms. The molecule has 3 aromatic rings. The molecule has 5 nitrogen and oxygen atoms in total. The summed E-state index contributed by atoms with van der Waals surface area (Å²) in [6, 6.07) is 17.2. The van der Waals surface area contributed by atoms with Crippen molar-refractivity contribution in [1.29, 1.82) is 0 Å². The van der Waals surface area contributed by atoms with Crippen molar-refractivity contribution in [2.45, 2.75) is 13.5 Å². The van der Waals surface area contributed by atoms with Crippen molar-refractivity contribution in [1.82, 2.24) is 14.9 Å². The van der Waals surface area contributed by atoms with E-state index in [1.54, 1.807) is 17.0 Å². The monoisotopic (exact) mass is 366 g/mol. The second-order valence-electron chi connectivity index (χ2n) is 5.74. The van der Waals surface area contributed by atoms with Crippen LogP contribution in [0.4, 0.5) is 11.6 Å². The summed E-state index contributed by atoms with van der Waals surface area (Å²) in [5, 5.41) is 3.69. The Bertz CT molecular complexity index is 868. The topological polar surface area (TPSA) is 58.1 Å². The van der Waals surface area contributed by atoms with Crippen LogP contribution >= 0.6 is 11.6 Å². The quantitative estimate of drug-likeness (QED) is 0.696. The fraction of sp³-hybridized carbons (Fsp3) is 0.150. The molecule has 0 saturated heterocycles. The van der Waals surface area contributed by atoms with Gasteiger partial charge in [0.2, 0.25) is 5.95 Å². The first-order valence-corrected chi connectivity index (χ1v) is 8.71. The molecule has 1 aromatic heterocycles. The van der Waals surface area contributed by atoms with Gasteiger partial charge in [-0.25, -0.2) is 9.97 Å². The fourth-order valence-electron chi connectivity index (χ4n) is 2.51. The fourth-order valence-corrected chi connectivity index (χ4v) is 2.70. The molecule has 0 aliphatic carbocycles. The third kappa shape index (κ3) is 4.58. The molecule has 0 unspecified atom stereocenters. The highest BCUT2D eigenvalue weighted by Crippen LogP contribution is 2.18. The van der Waals surface area contributed by atoms with Crippen LogP contribution < -0.4 is 5.32 Å². The normalized spacial score (nSPS) is 10.4. The van der Waals surface area contributed by atoms with E-state index in [1.165, 1.54) is 12.4 Å². The van der Waals surface area contributed by atoms with Crippen LogP contribution in [0.5, 0.6) is 0 Å². The van der Waals surface area contributed by atoms with Gasteiger partial charge < -0.3 is 10.2 Å². The maximum absolute atomic E-state index is 12.7. The third-order valence-corrected chi connectivity index (χ3v) is 4.10. The number of carbonyl (C=O) groups is 1. The number of nitrogens with zero attached hydrogens (tertiary/aromatic N) is 3. The van der Waals surface area contributed by atoms with Gasteiger partial charge in [0.05, 0.1) is 5.56 Å². The molecule has 2 aromatic carbocycles. The maximum Gasteiger partial charge on any atom is 0.257 e. The van der Waals surface area contributed by atoms with Crippen molar-refractivity contribution >= 4 is 29.1 Å². The van der Waals surface area contributed by atoms with Crippen LogP contribution in [0, 0.1) is 0 Å². The summed E-state index contributed by atoms with van der Waals surface area (Å²) in [4.78, 5) is 22.9. The molecule has 1 N–H and O–H groups in total. The summed E-state index contributed by atoms with van der Waals surface area (Å²) >= 11 is 5.96. The van der Waals surface area contributed by atoms with E-state index in [0.29, 0.717) is 29.6 Å². The van der Waals surface area contributed by atoms with Gasteiger partial charge in [-0.3, -0.25) is 4.79 Å². The molecule has 1 amide bonds. The van der Waals surface area contributed by atoms with Gasteiger partial charge >= 0.3 is 0 Å². The number of hydrogen-bond donors (Lipinski definition) is 1. The van der Waals surface area contributed by atoms with Gasteiger partial charge in [-0.15, -0.1) is 0 Å². The SMILES string of the molecule is CCN(Cc1ccccc1)C(=O)c1cnc(Nc2cccc(Cl)c2)nc1. The average Bonchev–Trinajstić information content (AvgIpc) is 2.67. The molecule has 0 spiro atoms. The molecule has 0 bridgehead atoms. The molecule has 132 valence electrons. The smallest absolute Gasteiger partial charge is 0.257 e. The Kier molecular flexibility index (Phi) is 5.81. The third-order valence-electron chi connectivity index (χ3n) is 3.86. The van der Waals surface area contributed by atoms with Gasteiger partial charge in [0.15, 0.2) is 0 Å². The number of aromatic nitrogens is 2. The summed E-state index contributed by atoms with van der Waals surface area (Å²) in [6.07, 6.45) is 3.08. The van der Waals surface area contributed by atoms with Crippen LogP contribution in [0.2, 0.25) is 5.02 Å². The summed E-state index contributed by atoms with van der Waals surface area (Å²) in [7, 11) is 0. The minimum absolute atomic E-state index is 0.0920. The molecule has 0 atom stereocenters. The maximum atomic E-state index is 12.7. The molecule has 0 fully saturated rings. The van der Waals surface area contributed by atoms with Crippen LogP contribution in [-0.4, -0.2) is 27.3 Å². The van der Waals surface area contributed by atoms with Gasteiger partial charge in [0, 0.05) is 36.2 Å². The van der Waals surface area contributed by atoms with Crippen LogP contribution in [0.15, 0.2) is 67.0 Å². The first-order chi connectivity index (χ1) is 12.7. The number of amides is 1. The summed E-state index contributed by atoms with van der Waals surface area (Å²) in [5.41, 5.74) is 2.33. The largest absolute Gasteiger partial charge is 0.335 e. The average molecular weight is 367 g/mol. The minimum atomic E-state index is -0.0920. The Morgan fingerprint density at radius 3 is 2.46 bits per heavy atom. The van der Waals surface area contributed by atoms with Gasteiger partial charge in [-0.2, -0.15) is 0 Å². The standard InChI is InChI=1S/C20H19ClN4O/c1-2-25(14-15-7-4-3-5-8-15)19(26)16-12-22-20(23-13-16)24-18-10-6-9-17(21)11-18/h3-13H,2,14H2,1H3,(H,22,23,24). The van der Waals surface area contributed by atoms with Gasteiger partial charge in [-0.1, -0.05) is 48.0 Å². The van der Waals surface area contributed by atoms with Gasteiger partial charge in [0.1, 0.15) is 0 Å². The van der Waals surface area contributed by atoms with Crippen molar-refractivity contribution in [2.75, 3.05) is 11.9 Å². The van der Waals surface area contributed by atoms with E-state index in [0.717, 1.165) is 11.3 Å². The first-order valence-electron chi connectivity index (χ1n) is 8.33. The van der Waals surface area contributed by atoms with Crippen LogP contribution in [0.1, 0.15) is 22.8 Å². The lowest BCUT2D eigenvalue weighted by Gasteiger charge is -2.20. The molecule has 1 heterocycles. The molecular weight excluding hydrogens is 348 g/mol. The van der Waals surface area contributed by atoms with E-state index in [4.69, 9.17) is 11.6 Å². The Labute approximate surface area is 157 Å². The lowest BCUT2D eigenvalue weighted by Crippen LogP contribution is -2.30. The van der Waals surface area contributed by atoms with E-state index in [9.17, 15) is 4.79 Å². The van der Waals surface area contributed by atoms with Gasteiger partial charge in [0.25, 0.3) is 5.91 Å². The van der Waals surface area contributed by atoms with Crippen molar-refractivity contribution < 1.29 is 4.79 Å². The summed E-state index contributed by atoms with van der Waals surface area (Å²) < 4.78 is 0. The molecule has 0 aliphatic rings. The molecule has 26 heavy (non-hydrogen) atoms. The lowest BCUT2D eigenvalue weighted by atomic mass is 10.2. The van der Waals surface area contributed by atoms with E-state index in [-0.39, 0.29) is 5.91 Å². The van der Waals surface area contributed by atoms with Crippen molar-refractivity contribution in [3.63, 3.8) is 0 Å². The predicted molar refractivity (Wildman–Crippen MR) is 104 cm³/mol. The predicted octanol–water partition coefficient (Wildman–Crippen LogP) is 4.54. The minimum Gasteiger partial charge on any atom is -0.335 e. The van der Waals surface area contributed by atoms with Crippen LogP contribution in [-0.2, 0) is 6.54 Å². The zero-order chi connectivity index (χ0) is 18.4. The molecule has 0 aliphatic heterocycles. The number of nitrogens with one attached hydrogen (secondary N) is 1. The Hall–Kier alpha value is -2.92. The zero-order valence-electron chi connectivity index (χ0n) is 14.4. The second kappa shape index (κ2) is 8.45. The first kappa shape index (κ1) is 17.9. The van der Waals surface area contributed by atoms with Crippen molar-refractivity contribution in [2.24, 2.45) is 0 Å². The number of hydrogen-bond acceptors (Lipinski definition) is 4. The van der Waals surface area contributed by atoms with E-state index in [2.05, 4.69) is 15.3 Å². The second-order valence-corrected chi connectivity index (χ2v) is 6.17. The Balaban J connectivity index is 1.69. The Morgan fingerprint density at radius 2 is 1.81 bits per heavy atom. The summed E-state index contributed by atoms with van der Waals surface area (Å²) in [5.74, 6) is 0.320. The van der Waals surface area contributed by atoms with E-state index in [1.807, 2.05) is 49.4 Å². The number of rotatable bonds is 6. The van der Waals surface area contributed by atoms with Crippen LogP contribution in [0.3, 0.4) is 0 Å². The highest BCUT2D eigenvalue weighted by molar-refractivity contribution is 6.30. The molecule has 0 saturated carbocycles. The lowest BCUT2D eigenvalue weighted by molar-refractivity contribution is 0.0752. The van der Waals surface area contributed by atoms with E-state index < -0.39 is 0 Å². The summed E-state index contributed by atoms with van der Waals surface area (Å²) in [6.45, 7) is 3.12. The molecule has 0 radical (unpaired) electrons. The highest BCUT2D eigenvalue weighted by atomic mass is 35.5. The number of carbonyl (C=O) groups excluding carboxylic acids is 1. The highest BCUT2D eigenvalue weighted by Gasteiger charge is 2.15. The number of benzene rings is 2. The molecular formula is C20H19ClN4O. The number of anilines is 2. The van der Waals surface area contributed by atoms with Crippen molar-refractivity contribution in [3.8, 4) is 0 Å². The molecule has 3 rings (SSSR count).